The highest BCUT2D eigenvalue weighted by Crippen LogP contribution is 2.42. The third-order valence-electron chi connectivity index (χ3n) is 7.45. The fourth-order valence-electron chi connectivity index (χ4n) is 5.09. The summed E-state index contributed by atoms with van der Waals surface area (Å²) in [4.78, 5) is 18.1. The Morgan fingerprint density at radius 2 is 1.64 bits per heavy atom. The number of nitrogens with one attached hydrogen (secondary N) is 1. The molecule has 1 amide bonds. The van der Waals surface area contributed by atoms with Crippen LogP contribution in [-0.4, -0.2) is 39.7 Å². The van der Waals surface area contributed by atoms with Gasteiger partial charge in [0.05, 0.1) is 27.7 Å². The van der Waals surface area contributed by atoms with Crippen molar-refractivity contribution in [2.75, 3.05) is 24.7 Å². The van der Waals surface area contributed by atoms with E-state index in [1.54, 1.807) is 24.5 Å². The van der Waals surface area contributed by atoms with Crippen LogP contribution in [0.1, 0.15) is 21.5 Å². The first-order valence-electron chi connectivity index (χ1n) is 13.4. The Hall–Kier alpha value is -4.47. The number of fused-ring (bicyclic) bond motifs is 2. The Kier molecular flexibility index (Phi) is 6.87. The monoisotopic (exact) mass is 595 g/mol. The zero-order valence-electron chi connectivity index (χ0n) is 23.8. The molecule has 0 aliphatic carbocycles. The number of para-hydroxylation sites is 1. The van der Waals surface area contributed by atoms with Gasteiger partial charge < -0.3 is 9.73 Å². The fourth-order valence-corrected chi connectivity index (χ4v) is 6.64. The first kappa shape index (κ1) is 27.7. The molecule has 0 bridgehead atoms. The van der Waals surface area contributed by atoms with Gasteiger partial charge >= 0.3 is 0 Å². The highest BCUT2D eigenvalue weighted by molar-refractivity contribution is 7.92. The van der Waals surface area contributed by atoms with Crippen molar-refractivity contribution in [3.05, 3.63) is 95.6 Å². The van der Waals surface area contributed by atoms with Crippen molar-refractivity contribution in [1.29, 1.82) is 0 Å². The molecule has 42 heavy (non-hydrogen) atoms. The molecular formula is C33H29N3O4S2. The van der Waals surface area contributed by atoms with Crippen LogP contribution < -0.4 is 9.62 Å². The lowest BCUT2D eigenvalue weighted by Crippen LogP contribution is -2.25. The van der Waals surface area contributed by atoms with E-state index in [-0.39, 0.29) is 5.91 Å². The summed E-state index contributed by atoms with van der Waals surface area (Å²) in [7, 11) is -0.522. The summed E-state index contributed by atoms with van der Waals surface area (Å²) in [6, 6.07) is 25.3. The zero-order valence-corrected chi connectivity index (χ0v) is 25.5. The molecule has 9 heteroatoms. The van der Waals surface area contributed by atoms with Gasteiger partial charge in [-0.2, -0.15) is 0 Å². The number of rotatable bonds is 6. The van der Waals surface area contributed by atoms with Crippen LogP contribution in [0.2, 0.25) is 0 Å². The van der Waals surface area contributed by atoms with E-state index >= 15 is 0 Å². The quantitative estimate of drug-likeness (QED) is 0.216. The second-order valence-corrected chi connectivity index (χ2v) is 13.4. The molecule has 0 aliphatic heterocycles. The lowest BCUT2D eigenvalue weighted by molar-refractivity contribution is 0.0964. The standard InChI is InChI=1S/C33H29N3O4S2/c1-19-12-14-21(15-13-19)31-29(32(37)34-3)25-17-24(26(18-27(25)40-31)36(4)42(5,38)39)22-9-7-10-23(16-22)33-35-30-20(2)8-6-11-28(30)41-33/h6-18H,1-5H3,(H,34,37). The number of anilines is 1. The molecule has 0 saturated carbocycles. The van der Waals surface area contributed by atoms with Gasteiger partial charge in [-0.3, -0.25) is 9.10 Å². The summed E-state index contributed by atoms with van der Waals surface area (Å²) in [5.74, 6) is 0.131. The number of furan rings is 1. The highest BCUT2D eigenvalue weighted by atomic mass is 32.2. The van der Waals surface area contributed by atoms with Gasteiger partial charge in [-0.15, -0.1) is 11.3 Å². The minimum absolute atomic E-state index is 0.293. The summed E-state index contributed by atoms with van der Waals surface area (Å²) in [6.45, 7) is 4.04. The SMILES string of the molecule is CNC(=O)c1c(-c2ccc(C)cc2)oc2cc(N(C)S(C)(=O)=O)c(-c3cccc(-c4nc5c(C)cccc5s4)c3)cc12. The first-order chi connectivity index (χ1) is 20.0. The minimum atomic E-state index is -3.62. The van der Waals surface area contributed by atoms with E-state index in [1.807, 2.05) is 80.6 Å². The Morgan fingerprint density at radius 1 is 0.929 bits per heavy atom. The molecule has 212 valence electrons. The van der Waals surface area contributed by atoms with E-state index in [2.05, 4.69) is 11.4 Å². The Bertz CT molecular complexity index is 2110. The number of carbonyl (C=O) groups is 1. The molecule has 0 spiro atoms. The fraction of sp³-hybridized carbons (Fsp3) is 0.152. The van der Waals surface area contributed by atoms with Crippen LogP contribution in [0, 0.1) is 13.8 Å². The van der Waals surface area contributed by atoms with Crippen LogP contribution in [0.4, 0.5) is 5.69 Å². The maximum atomic E-state index is 13.2. The van der Waals surface area contributed by atoms with E-state index in [0.717, 1.165) is 49.3 Å². The number of carbonyl (C=O) groups excluding carboxylic acids is 1. The van der Waals surface area contributed by atoms with Gasteiger partial charge in [0.25, 0.3) is 5.91 Å². The molecule has 0 fully saturated rings. The summed E-state index contributed by atoms with van der Waals surface area (Å²) < 4.78 is 34.2. The molecule has 0 unspecified atom stereocenters. The molecule has 6 rings (SSSR count). The van der Waals surface area contributed by atoms with E-state index in [4.69, 9.17) is 9.40 Å². The maximum absolute atomic E-state index is 13.2. The molecule has 6 aromatic rings. The number of amides is 1. The molecule has 4 aromatic carbocycles. The van der Waals surface area contributed by atoms with Crippen LogP contribution in [0.15, 0.2) is 83.3 Å². The predicted molar refractivity (Wildman–Crippen MR) is 172 cm³/mol. The molecule has 2 aromatic heterocycles. The highest BCUT2D eigenvalue weighted by Gasteiger charge is 2.26. The number of benzene rings is 4. The van der Waals surface area contributed by atoms with Crippen molar-refractivity contribution in [3.63, 3.8) is 0 Å². The van der Waals surface area contributed by atoms with Crippen LogP contribution in [-0.2, 0) is 10.0 Å². The molecule has 0 radical (unpaired) electrons. The molecule has 2 heterocycles. The van der Waals surface area contributed by atoms with E-state index in [0.29, 0.717) is 33.5 Å². The van der Waals surface area contributed by atoms with E-state index in [9.17, 15) is 13.2 Å². The number of sulfonamides is 1. The van der Waals surface area contributed by atoms with Gasteiger partial charge in [0.15, 0.2) is 0 Å². The van der Waals surface area contributed by atoms with Gasteiger partial charge in [-0.25, -0.2) is 13.4 Å². The Labute approximate surface area is 248 Å². The second kappa shape index (κ2) is 10.4. The summed E-state index contributed by atoms with van der Waals surface area (Å²) >= 11 is 1.61. The van der Waals surface area contributed by atoms with Crippen molar-refractivity contribution >= 4 is 54.1 Å². The molecule has 1 N–H and O–H groups in total. The normalized spacial score (nSPS) is 11.7. The molecule has 0 atom stereocenters. The van der Waals surface area contributed by atoms with Crippen molar-refractivity contribution in [2.24, 2.45) is 0 Å². The molecule has 7 nitrogen and oxygen atoms in total. The van der Waals surface area contributed by atoms with Crippen LogP contribution in [0.25, 0.3) is 54.2 Å². The van der Waals surface area contributed by atoms with Gasteiger partial charge in [-0.1, -0.05) is 60.2 Å². The van der Waals surface area contributed by atoms with Gasteiger partial charge in [-0.05, 0) is 43.2 Å². The number of nitrogens with zero attached hydrogens (tertiary/aromatic N) is 2. The third kappa shape index (κ3) is 4.84. The average Bonchev–Trinajstić information content (AvgIpc) is 3.58. The topological polar surface area (TPSA) is 92.5 Å². The molecule has 0 aliphatic rings. The second-order valence-electron chi connectivity index (χ2n) is 10.4. The van der Waals surface area contributed by atoms with Crippen molar-refractivity contribution < 1.29 is 17.6 Å². The average molecular weight is 596 g/mol. The van der Waals surface area contributed by atoms with Gasteiger partial charge in [0.1, 0.15) is 16.4 Å². The lowest BCUT2D eigenvalue weighted by atomic mass is 9.97. The minimum Gasteiger partial charge on any atom is -0.455 e. The third-order valence-corrected chi connectivity index (χ3v) is 9.71. The summed E-state index contributed by atoms with van der Waals surface area (Å²) in [5.41, 5.74) is 7.52. The number of thiazole rings is 1. The Morgan fingerprint density at radius 3 is 2.33 bits per heavy atom. The van der Waals surface area contributed by atoms with Crippen molar-refractivity contribution in [2.45, 2.75) is 13.8 Å². The lowest BCUT2D eigenvalue weighted by Gasteiger charge is -2.21. The van der Waals surface area contributed by atoms with Gasteiger partial charge in [0, 0.05) is 42.2 Å². The van der Waals surface area contributed by atoms with E-state index in [1.165, 1.54) is 11.4 Å². The van der Waals surface area contributed by atoms with Crippen LogP contribution >= 0.6 is 11.3 Å². The summed E-state index contributed by atoms with van der Waals surface area (Å²) in [5, 5.41) is 4.20. The number of aromatic nitrogens is 1. The van der Waals surface area contributed by atoms with Crippen molar-refractivity contribution in [1.82, 2.24) is 10.3 Å². The van der Waals surface area contributed by atoms with Crippen LogP contribution in [0.5, 0.6) is 0 Å². The zero-order chi connectivity index (χ0) is 29.8. The summed E-state index contributed by atoms with van der Waals surface area (Å²) in [6.07, 6.45) is 1.16. The maximum Gasteiger partial charge on any atom is 0.255 e. The largest absolute Gasteiger partial charge is 0.455 e. The van der Waals surface area contributed by atoms with Gasteiger partial charge in [0.2, 0.25) is 10.0 Å². The van der Waals surface area contributed by atoms with Crippen molar-refractivity contribution in [3.8, 4) is 33.0 Å². The van der Waals surface area contributed by atoms with Crippen LogP contribution in [0.3, 0.4) is 0 Å². The number of hydrogen-bond acceptors (Lipinski definition) is 6. The van der Waals surface area contributed by atoms with E-state index < -0.39 is 10.0 Å². The Balaban J connectivity index is 1.60. The number of hydrogen-bond donors (Lipinski definition) is 1. The molecular weight excluding hydrogens is 567 g/mol. The first-order valence-corrected chi connectivity index (χ1v) is 16.0. The smallest absolute Gasteiger partial charge is 0.255 e. The molecule has 0 saturated heterocycles. The number of aryl methyl sites for hydroxylation is 2. The predicted octanol–water partition coefficient (Wildman–Crippen LogP) is 7.42.